The first-order valence-corrected chi connectivity index (χ1v) is 5.27. The molecule has 1 aromatic rings. The van der Waals surface area contributed by atoms with Crippen LogP contribution in [0.4, 0.5) is 11.4 Å². The third-order valence-corrected chi connectivity index (χ3v) is 2.46. The van der Waals surface area contributed by atoms with Gasteiger partial charge < -0.3 is 15.1 Å². The van der Waals surface area contributed by atoms with E-state index in [9.17, 15) is 14.9 Å². The van der Waals surface area contributed by atoms with Crippen LogP contribution in [0.3, 0.4) is 0 Å². The lowest BCUT2D eigenvalue weighted by Crippen LogP contribution is -2.43. The van der Waals surface area contributed by atoms with Crippen LogP contribution < -0.4 is 4.90 Å². The van der Waals surface area contributed by atoms with Crippen LogP contribution in [0, 0.1) is 10.1 Å². The first-order chi connectivity index (χ1) is 8.51. The molecule has 0 spiro atoms. The first-order valence-electron chi connectivity index (χ1n) is 5.27. The van der Waals surface area contributed by atoms with Gasteiger partial charge in [-0.25, -0.2) is 0 Å². The normalized spacial score (nSPS) is 10.4. The predicted molar refractivity (Wildman–Crippen MR) is 64.2 cm³/mol. The summed E-state index contributed by atoms with van der Waals surface area (Å²) >= 11 is 0. The van der Waals surface area contributed by atoms with Crippen LogP contribution in [0.5, 0.6) is 0 Å². The Morgan fingerprint density at radius 3 is 2.17 bits per heavy atom. The van der Waals surface area contributed by atoms with Crippen molar-refractivity contribution in [3.8, 4) is 0 Å². The second-order valence-electron chi connectivity index (χ2n) is 3.68. The number of carbonyl (C=O) groups excluding carboxylic acids is 1. The zero-order valence-electron chi connectivity index (χ0n) is 9.81. The van der Waals surface area contributed by atoms with Gasteiger partial charge in [0.05, 0.1) is 24.2 Å². The summed E-state index contributed by atoms with van der Waals surface area (Å²) in [7, 11) is 0. The Bertz CT molecular complexity index is 428. The molecule has 0 aliphatic rings. The van der Waals surface area contributed by atoms with Crippen LogP contribution in [-0.4, -0.2) is 40.3 Å². The minimum absolute atomic E-state index is 0.0909. The molecule has 1 amide bonds. The van der Waals surface area contributed by atoms with Gasteiger partial charge >= 0.3 is 0 Å². The minimum Gasteiger partial charge on any atom is -0.394 e. The monoisotopic (exact) mass is 254 g/mol. The number of aliphatic hydroxyl groups is 2. The van der Waals surface area contributed by atoms with E-state index in [1.807, 2.05) is 0 Å². The maximum absolute atomic E-state index is 11.5. The van der Waals surface area contributed by atoms with Crippen molar-refractivity contribution in [2.75, 3.05) is 18.1 Å². The highest BCUT2D eigenvalue weighted by Crippen LogP contribution is 2.21. The van der Waals surface area contributed by atoms with Crippen molar-refractivity contribution < 1.29 is 19.9 Å². The zero-order valence-corrected chi connectivity index (χ0v) is 9.81. The summed E-state index contributed by atoms with van der Waals surface area (Å²) in [5, 5.41) is 28.7. The number of benzene rings is 1. The summed E-state index contributed by atoms with van der Waals surface area (Å²) in [5.74, 6) is -0.364. The zero-order chi connectivity index (χ0) is 13.7. The number of non-ortho nitro benzene ring substituents is 1. The van der Waals surface area contributed by atoms with Crippen LogP contribution in [0.2, 0.25) is 0 Å². The van der Waals surface area contributed by atoms with Gasteiger partial charge in [-0.05, 0) is 12.1 Å². The van der Waals surface area contributed by atoms with Crippen molar-refractivity contribution in [1.29, 1.82) is 0 Å². The molecule has 0 aromatic heterocycles. The van der Waals surface area contributed by atoms with E-state index in [4.69, 9.17) is 10.2 Å². The molecule has 0 heterocycles. The minimum atomic E-state index is -0.760. The molecule has 0 radical (unpaired) electrons. The molecule has 0 aliphatic heterocycles. The molecule has 7 heteroatoms. The molecule has 0 aliphatic carbocycles. The Balaban J connectivity index is 3.06. The number of aliphatic hydroxyl groups excluding tert-OH is 2. The number of rotatable bonds is 5. The average Bonchev–Trinajstić information content (AvgIpc) is 2.35. The van der Waals surface area contributed by atoms with E-state index in [1.54, 1.807) is 0 Å². The average molecular weight is 254 g/mol. The summed E-state index contributed by atoms with van der Waals surface area (Å²) in [5.41, 5.74) is 0.299. The molecule has 1 rings (SSSR count). The summed E-state index contributed by atoms with van der Waals surface area (Å²) in [4.78, 5) is 22.7. The summed E-state index contributed by atoms with van der Waals surface area (Å²) in [6, 6.07) is 4.56. The Morgan fingerprint density at radius 2 is 1.83 bits per heavy atom. The summed E-state index contributed by atoms with van der Waals surface area (Å²) in [6.45, 7) is 0.500. The van der Waals surface area contributed by atoms with E-state index in [-0.39, 0.29) is 11.6 Å². The molecule has 0 unspecified atom stereocenters. The topological polar surface area (TPSA) is 104 Å². The number of nitro groups is 1. The molecule has 0 atom stereocenters. The lowest BCUT2D eigenvalue weighted by Gasteiger charge is -2.28. The van der Waals surface area contributed by atoms with Crippen molar-refractivity contribution in [2.24, 2.45) is 0 Å². The van der Waals surface area contributed by atoms with Crippen molar-refractivity contribution in [1.82, 2.24) is 0 Å². The SMILES string of the molecule is CC(=O)N(c1ccc([N+](=O)[O-])cc1)C(CO)CO. The van der Waals surface area contributed by atoms with E-state index in [2.05, 4.69) is 0 Å². The van der Waals surface area contributed by atoms with Crippen LogP contribution in [0.15, 0.2) is 24.3 Å². The lowest BCUT2D eigenvalue weighted by atomic mass is 10.2. The maximum Gasteiger partial charge on any atom is 0.269 e. The molecule has 0 saturated carbocycles. The van der Waals surface area contributed by atoms with Gasteiger partial charge in [0.1, 0.15) is 0 Å². The number of anilines is 1. The molecule has 2 N–H and O–H groups in total. The van der Waals surface area contributed by atoms with Crippen molar-refractivity contribution >= 4 is 17.3 Å². The van der Waals surface area contributed by atoms with Gasteiger partial charge in [0.25, 0.3) is 5.69 Å². The van der Waals surface area contributed by atoms with Crippen LogP contribution in [0.1, 0.15) is 6.92 Å². The number of nitrogens with zero attached hydrogens (tertiary/aromatic N) is 2. The van der Waals surface area contributed by atoms with Gasteiger partial charge in [-0.15, -0.1) is 0 Å². The number of hydrogen-bond donors (Lipinski definition) is 2. The van der Waals surface area contributed by atoms with E-state index >= 15 is 0 Å². The van der Waals surface area contributed by atoms with Gasteiger partial charge in [0.15, 0.2) is 0 Å². The molecule has 0 fully saturated rings. The highest BCUT2D eigenvalue weighted by atomic mass is 16.6. The molecule has 18 heavy (non-hydrogen) atoms. The predicted octanol–water partition coefficient (Wildman–Crippen LogP) is 0.301. The van der Waals surface area contributed by atoms with E-state index < -0.39 is 24.2 Å². The number of amides is 1. The summed E-state index contributed by atoms with van der Waals surface area (Å²) < 4.78 is 0. The van der Waals surface area contributed by atoms with E-state index in [0.29, 0.717) is 5.69 Å². The Hall–Kier alpha value is -1.99. The molecular weight excluding hydrogens is 240 g/mol. The molecule has 98 valence electrons. The Morgan fingerprint density at radius 1 is 1.33 bits per heavy atom. The molecule has 0 bridgehead atoms. The van der Waals surface area contributed by atoms with E-state index in [1.165, 1.54) is 36.1 Å². The third kappa shape index (κ3) is 3.02. The number of nitro benzene ring substituents is 1. The highest BCUT2D eigenvalue weighted by molar-refractivity contribution is 5.92. The van der Waals surface area contributed by atoms with Gasteiger partial charge in [0, 0.05) is 24.7 Å². The quantitative estimate of drug-likeness (QED) is 0.581. The Labute approximate surface area is 103 Å². The highest BCUT2D eigenvalue weighted by Gasteiger charge is 2.21. The van der Waals surface area contributed by atoms with Crippen LogP contribution >= 0.6 is 0 Å². The lowest BCUT2D eigenvalue weighted by molar-refractivity contribution is -0.384. The molecule has 0 saturated heterocycles. The van der Waals surface area contributed by atoms with Gasteiger partial charge in [-0.1, -0.05) is 0 Å². The fourth-order valence-corrected chi connectivity index (χ4v) is 1.61. The molecule has 7 nitrogen and oxygen atoms in total. The van der Waals surface area contributed by atoms with E-state index in [0.717, 1.165) is 0 Å². The third-order valence-electron chi connectivity index (χ3n) is 2.46. The Kier molecular flexibility index (Phi) is 4.75. The van der Waals surface area contributed by atoms with Crippen LogP contribution in [-0.2, 0) is 4.79 Å². The second kappa shape index (κ2) is 6.08. The van der Waals surface area contributed by atoms with Crippen molar-refractivity contribution in [2.45, 2.75) is 13.0 Å². The van der Waals surface area contributed by atoms with Gasteiger partial charge in [-0.3, -0.25) is 14.9 Å². The molecular formula is C11H14N2O5. The second-order valence-corrected chi connectivity index (χ2v) is 3.68. The van der Waals surface area contributed by atoms with Crippen molar-refractivity contribution in [3.63, 3.8) is 0 Å². The van der Waals surface area contributed by atoms with Crippen LogP contribution in [0.25, 0.3) is 0 Å². The fourth-order valence-electron chi connectivity index (χ4n) is 1.61. The maximum atomic E-state index is 11.5. The summed E-state index contributed by atoms with van der Waals surface area (Å²) in [6.07, 6.45) is 0. The van der Waals surface area contributed by atoms with Gasteiger partial charge in [-0.2, -0.15) is 0 Å². The van der Waals surface area contributed by atoms with Crippen molar-refractivity contribution in [3.05, 3.63) is 34.4 Å². The first kappa shape index (κ1) is 14.1. The fraction of sp³-hybridized carbons (Fsp3) is 0.364. The smallest absolute Gasteiger partial charge is 0.269 e. The number of hydrogen-bond acceptors (Lipinski definition) is 5. The largest absolute Gasteiger partial charge is 0.394 e. The standard InChI is InChI=1S/C11H14N2O5/c1-8(16)12(11(6-14)7-15)9-2-4-10(5-3-9)13(17)18/h2-5,11,14-15H,6-7H2,1H3. The molecule has 1 aromatic carbocycles. The number of carbonyl (C=O) groups is 1. The van der Waals surface area contributed by atoms with Gasteiger partial charge in [0.2, 0.25) is 5.91 Å².